The van der Waals surface area contributed by atoms with E-state index in [0.29, 0.717) is 26.3 Å². The molecule has 0 unspecified atom stereocenters. The quantitative estimate of drug-likeness (QED) is 0.658. The van der Waals surface area contributed by atoms with Gasteiger partial charge in [0.2, 0.25) is 0 Å². The van der Waals surface area contributed by atoms with Crippen molar-refractivity contribution in [1.29, 1.82) is 0 Å². The van der Waals surface area contributed by atoms with Crippen LogP contribution < -0.4 is 14.8 Å². The van der Waals surface area contributed by atoms with E-state index in [1.807, 2.05) is 49.1 Å². The Bertz CT molecular complexity index is 788. The molecule has 2 aromatic rings. The Morgan fingerprint density at radius 3 is 2.73 bits per heavy atom. The number of rotatable bonds is 4. The second-order valence-electron chi connectivity index (χ2n) is 6.35. The van der Waals surface area contributed by atoms with Crippen molar-refractivity contribution in [3.8, 4) is 11.5 Å². The molecule has 6 nitrogen and oxygen atoms in total. The van der Waals surface area contributed by atoms with Crippen molar-refractivity contribution in [2.45, 2.75) is 19.5 Å². The van der Waals surface area contributed by atoms with E-state index < -0.39 is 0 Å². The number of fused-ring (bicyclic) bond motifs is 1. The number of aryl methyl sites for hydroxylation is 1. The number of aliphatic imine (C=N–C) groups is 1. The second kappa shape index (κ2) is 8.36. The molecule has 7 heteroatoms. The molecular formula is C19H25ClN4O2. The van der Waals surface area contributed by atoms with Crippen LogP contribution in [0.2, 0.25) is 5.02 Å². The van der Waals surface area contributed by atoms with Crippen LogP contribution in [-0.4, -0.2) is 42.7 Å². The van der Waals surface area contributed by atoms with Gasteiger partial charge in [-0.25, -0.2) is 0 Å². The van der Waals surface area contributed by atoms with E-state index in [4.69, 9.17) is 21.1 Å². The molecule has 0 fully saturated rings. The number of hydrogen-bond acceptors (Lipinski definition) is 3. The average Bonchev–Trinajstić information content (AvgIpc) is 2.81. The molecule has 1 aliphatic heterocycles. The second-order valence-corrected chi connectivity index (χ2v) is 6.79. The zero-order valence-electron chi connectivity index (χ0n) is 15.5. The molecule has 0 amide bonds. The summed E-state index contributed by atoms with van der Waals surface area (Å²) in [6.45, 7) is 2.75. The first-order valence-electron chi connectivity index (χ1n) is 8.68. The summed E-state index contributed by atoms with van der Waals surface area (Å²) in [6.07, 6.45) is 2.81. The molecule has 0 atom stereocenters. The van der Waals surface area contributed by atoms with Gasteiger partial charge < -0.3 is 24.3 Å². The van der Waals surface area contributed by atoms with E-state index in [9.17, 15) is 0 Å². The van der Waals surface area contributed by atoms with Gasteiger partial charge in [-0.05, 0) is 23.8 Å². The van der Waals surface area contributed by atoms with E-state index in [1.54, 1.807) is 7.05 Å². The zero-order chi connectivity index (χ0) is 18.5. The monoisotopic (exact) mass is 376 g/mol. The molecule has 26 heavy (non-hydrogen) atoms. The van der Waals surface area contributed by atoms with Gasteiger partial charge in [0.15, 0.2) is 17.5 Å². The number of aromatic nitrogens is 1. The maximum Gasteiger partial charge on any atom is 0.194 e. The Morgan fingerprint density at radius 2 is 2.04 bits per heavy atom. The van der Waals surface area contributed by atoms with Crippen LogP contribution in [0.25, 0.3) is 0 Å². The van der Waals surface area contributed by atoms with Crippen LogP contribution in [-0.2, 0) is 20.1 Å². The third-order valence-corrected chi connectivity index (χ3v) is 4.52. The van der Waals surface area contributed by atoms with E-state index in [0.717, 1.165) is 40.2 Å². The highest BCUT2D eigenvalue weighted by molar-refractivity contribution is 6.30. The fourth-order valence-corrected chi connectivity index (χ4v) is 3.20. The summed E-state index contributed by atoms with van der Waals surface area (Å²) in [7, 11) is 5.78. The Hall–Kier alpha value is -2.34. The van der Waals surface area contributed by atoms with Gasteiger partial charge in [-0.2, -0.15) is 0 Å². The number of nitrogens with zero attached hydrogens (tertiary/aromatic N) is 3. The van der Waals surface area contributed by atoms with Gasteiger partial charge in [0.25, 0.3) is 0 Å². The Labute approximate surface area is 159 Å². The van der Waals surface area contributed by atoms with Crippen LogP contribution in [0.15, 0.2) is 35.5 Å². The van der Waals surface area contributed by atoms with Crippen molar-refractivity contribution in [3.05, 3.63) is 46.7 Å². The molecule has 1 aliphatic rings. The predicted molar refractivity (Wildman–Crippen MR) is 104 cm³/mol. The van der Waals surface area contributed by atoms with Gasteiger partial charge in [0.05, 0.1) is 24.8 Å². The Morgan fingerprint density at radius 1 is 1.27 bits per heavy atom. The minimum Gasteiger partial charge on any atom is -0.490 e. The Balaban J connectivity index is 1.62. The van der Waals surface area contributed by atoms with Crippen LogP contribution in [0.4, 0.5) is 0 Å². The first-order valence-corrected chi connectivity index (χ1v) is 9.05. The van der Waals surface area contributed by atoms with Crippen LogP contribution in [0, 0.1) is 0 Å². The van der Waals surface area contributed by atoms with Gasteiger partial charge in [-0.15, -0.1) is 0 Å². The lowest BCUT2D eigenvalue weighted by Crippen LogP contribution is -2.38. The Kier molecular flexibility index (Phi) is 5.93. The number of ether oxygens (including phenoxy) is 2. The topological polar surface area (TPSA) is 51.0 Å². The molecule has 140 valence electrons. The molecule has 0 aliphatic carbocycles. The molecule has 0 saturated carbocycles. The molecule has 1 aromatic heterocycles. The van der Waals surface area contributed by atoms with Crippen molar-refractivity contribution in [3.63, 3.8) is 0 Å². The molecule has 0 saturated heterocycles. The fraction of sp³-hybridized carbons (Fsp3) is 0.421. The number of halogens is 1. The van der Waals surface area contributed by atoms with E-state index in [-0.39, 0.29) is 0 Å². The maximum absolute atomic E-state index is 6.07. The molecule has 0 spiro atoms. The SMILES string of the molecule is CN=C(NCc1ccc2c(c1)OCCCO2)N(C)Cc1cc(Cl)cn1C. The van der Waals surface area contributed by atoms with E-state index in [1.165, 1.54) is 0 Å². The number of hydrogen-bond donors (Lipinski definition) is 1. The van der Waals surface area contributed by atoms with Gasteiger partial charge in [-0.3, -0.25) is 4.99 Å². The molecule has 3 rings (SSSR count). The standard InChI is InChI=1S/C19H25ClN4O2/c1-21-19(24(3)13-16-10-15(20)12-23(16)2)22-11-14-5-6-17-18(9-14)26-8-4-7-25-17/h5-6,9-10,12H,4,7-8,11,13H2,1-3H3,(H,21,22). The van der Waals surface area contributed by atoms with Crippen molar-refractivity contribution < 1.29 is 9.47 Å². The molecule has 2 heterocycles. The smallest absolute Gasteiger partial charge is 0.194 e. The van der Waals surface area contributed by atoms with Crippen LogP contribution in [0.3, 0.4) is 0 Å². The summed E-state index contributed by atoms with van der Waals surface area (Å²) in [6, 6.07) is 8.01. The van der Waals surface area contributed by atoms with Gasteiger partial charge in [0.1, 0.15) is 0 Å². The maximum atomic E-state index is 6.07. The van der Waals surface area contributed by atoms with Crippen molar-refractivity contribution in [1.82, 2.24) is 14.8 Å². The van der Waals surface area contributed by atoms with E-state index >= 15 is 0 Å². The summed E-state index contributed by atoms with van der Waals surface area (Å²) in [5.41, 5.74) is 2.24. The summed E-state index contributed by atoms with van der Waals surface area (Å²) in [4.78, 5) is 6.44. The highest BCUT2D eigenvalue weighted by Crippen LogP contribution is 2.30. The normalized spacial score (nSPS) is 14.1. The lowest BCUT2D eigenvalue weighted by atomic mass is 10.2. The number of guanidine groups is 1. The molecule has 0 bridgehead atoms. The summed E-state index contributed by atoms with van der Waals surface area (Å²) in [5, 5.41) is 4.13. The average molecular weight is 377 g/mol. The van der Waals surface area contributed by atoms with E-state index in [2.05, 4.69) is 15.2 Å². The predicted octanol–water partition coefficient (Wildman–Crippen LogP) is 3.05. The minimum absolute atomic E-state index is 0.654. The van der Waals surface area contributed by atoms with Gasteiger partial charge >= 0.3 is 0 Å². The van der Waals surface area contributed by atoms with Crippen molar-refractivity contribution >= 4 is 17.6 Å². The minimum atomic E-state index is 0.654. The highest BCUT2D eigenvalue weighted by atomic mass is 35.5. The van der Waals surface area contributed by atoms with Crippen molar-refractivity contribution in [2.75, 3.05) is 27.3 Å². The third-order valence-electron chi connectivity index (χ3n) is 4.31. The molecular weight excluding hydrogens is 352 g/mol. The van der Waals surface area contributed by atoms with Crippen LogP contribution in [0.1, 0.15) is 17.7 Å². The lowest BCUT2D eigenvalue weighted by molar-refractivity contribution is 0.297. The van der Waals surface area contributed by atoms with Crippen LogP contribution >= 0.6 is 11.6 Å². The summed E-state index contributed by atoms with van der Waals surface area (Å²) >= 11 is 6.07. The van der Waals surface area contributed by atoms with Gasteiger partial charge in [0, 0.05) is 46.0 Å². The lowest BCUT2D eigenvalue weighted by Gasteiger charge is -2.22. The molecule has 1 aromatic carbocycles. The van der Waals surface area contributed by atoms with Crippen LogP contribution in [0.5, 0.6) is 11.5 Å². The van der Waals surface area contributed by atoms with Crippen molar-refractivity contribution in [2.24, 2.45) is 12.0 Å². The first kappa shape index (κ1) is 18.5. The molecule has 0 radical (unpaired) electrons. The summed E-state index contributed by atoms with van der Waals surface area (Å²) < 4.78 is 13.5. The van der Waals surface area contributed by atoms with Gasteiger partial charge in [-0.1, -0.05) is 17.7 Å². The highest BCUT2D eigenvalue weighted by Gasteiger charge is 2.12. The first-order chi connectivity index (χ1) is 12.6. The zero-order valence-corrected chi connectivity index (χ0v) is 16.2. The summed E-state index contributed by atoms with van der Waals surface area (Å²) in [5.74, 6) is 2.44. The fourth-order valence-electron chi connectivity index (χ4n) is 2.92. The number of nitrogens with one attached hydrogen (secondary N) is 1. The number of benzene rings is 1. The molecule has 1 N–H and O–H groups in total. The third kappa shape index (κ3) is 4.43. The largest absolute Gasteiger partial charge is 0.490 e.